The van der Waals surface area contributed by atoms with Crippen molar-refractivity contribution in [2.45, 2.75) is 85.5 Å². The Morgan fingerprint density at radius 3 is 1.64 bits per heavy atom. The molecule has 224 valence electrons. The van der Waals surface area contributed by atoms with Crippen molar-refractivity contribution in [1.82, 2.24) is 4.57 Å². The largest absolute Gasteiger partial charge is 0.309 e. The first-order chi connectivity index (χ1) is 20.6. The van der Waals surface area contributed by atoms with Gasteiger partial charge in [-0.25, -0.2) is 0 Å². The molecular formula is C43H47N. The maximum atomic E-state index is 2.54. The molecule has 1 heterocycles. The first-order valence-electron chi connectivity index (χ1n) is 16.0. The van der Waals surface area contributed by atoms with Crippen molar-refractivity contribution in [3.63, 3.8) is 0 Å². The van der Waals surface area contributed by atoms with Gasteiger partial charge in [-0.2, -0.15) is 0 Å². The van der Waals surface area contributed by atoms with Gasteiger partial charge in [-0.1, -0.05) is 147 Å². The minimum Gasteiger partial charge on any atom is -0.309 e. The third kappa shape index (κ3) is 5.28. The molecule has 0 saturated heterocycles. The molecule has 0 aliphatic rings. The molecule has 6 rings (SSSR count). The van der Waals surface area contributed by atoms with Gasteiger partial charge in [-0.3, -0.25) is 0 Å². The fourth-order valence-corrected chi connectivity index (χ4v) is 6.72. The van der Waals surface area contributed by atoms with Gasteiger partial charge in [-0.05, 0) is 86.4 Å². The molecule has 0 radical (unpaired) electrons. The van der Waals surface area contributed by atoms with E-state index in [0.29, 0.717) is 0 Å². The molecule has 0 atom stereocenters. The van der Waals surface area contributed by atoms with Crippen molar-refractivity contribution >= 4 is 21.8 Å². The first kappa shape index (κ1) is 29.9. The maximum Gasteiger partial charge on any atom is 0.0547 e. The summed E-state index contributed by atoms with van der Waals surface area (Å²) in [7, 11) is 0. The van der Waals surface area contributed by atoms with Gasteiger partial charge in [0, 0.05) is 16.5 Å². The number of benzene rings is 5. The Bertz CT molecular complexity index is 1970. The van der Waals surface area contributed by atoms with Crippen LogP contribution < -0.4 is 0 Å². The lowest BCUT2D eigenvalue weighted by molar-refractivity contribution is 0.568. The molecular weight excluding hydrogens is 530 g/mol. The Labute approximate surface area is 264 Å². The molecule has 0 fully saturated rings. The lowest BCUT2D eigenvalue weighted by atomic mass is 9.78. The molecule has 1 heteroatoms. The molecule has 6 aromatic rings. The number of aryl methyl sites for hydroxylation is 1. The van der Waals surface area contributed by atoms with Gasteiger partial charge < -0.3 is 4.57 Å². The number of hydrogen-bond acceptors (Lipinski definition) is 0. The van der Waals surface area contributed by atoms with Crippen molar-refractivity contribution in [3.8, 4) is 27.9 Å². The summed E-state index contributed by atoms with van der Waals surface area (Å²) in [5, 5.41) is 2.68. The normalized spacial score (nSPS) is 12.8. The van der Waals surface area contributed by atoms with E-state index < -0.39 is 0 Å². The Morgan fingerprint density at radius 2 is 1.05 bits per heavy atom. The van der Waals surface area contributed by atoms with Crippen LogP contribution in [0.15, 0.2) is 103 Å². The van der Waals surface area contributed by atoms with Crippen molar-refractivity contribution in [3.05, 3.63) is 125 Å². The van der Waals surface area contributed by atoms with E-state index in [9.17, 15) is 0 Å². The van der Waals surface area contributed by atoms with E-state index in [1.54, 1.807) is 0 Å². The van der Waals surface area contributed by atoms with Crippen LogP contribution in [0.1, 0.15) is 84.6 Å². The summed E-state index contributed by atoms with van der Waals surface area (Å²) in [5.41, 5.74) is 14.2. The van der Waals surface area contributed by atoms with Crippen LogP contribution in [0.2, 0.25) is 0 Å². The number of rotatable bonds is 3. The highest BCUT2D eigenvalue weighted by Crippen LogP contribution is 2.47. The standard InChI is InChI=1S/C43H47N/c1-28-16-14-19-30(24-28)34-20-15-21-36-38(34)39-37(23-22-35(40(39)43(8,9)10)29-17-12-11-13-18-29)44(36)33-26-31(41(2,3)4)25-32(27-33)42(5,6)7/h11-27H,1-10H3. The molecule has 0 aliphatic heterocycles. The summed E-state index contributed by atoms with van der Waals surface area (Å²) in [5.74, 6) is 0. The first-order valence-corrected chi connectivity index (χ1v) is 16.0. The zero-order valence-corrected chi connectivity index (χ0v) is 28.3. The monoisotopic (exact) mass is 577 g/mol. The van der Waals surface area contributed by atoms with Crippen LogP contribution in [-0.4, -0.2) is 4.57 Å². The summed E-state index contributed by atoms with van der Waals surface area (Å²) in [6, 6.07) is 38.8. The third-order valence-electron chi connectivity index (χ3n) is 9.03. The number of aromatic nitrogens is 1. The van der Waals surface area contributed by atoms with Gasteiger partial charge in [-0.15, -0.1) is 0 Å². The Hall–Kier alpha value is -4.10. The van der Waals surface area contributed by atoms with Crippen LogP contribution in [0, 0.1) is 6.92 Å². The average Bonchev–Trinajstić information content (AvgIpc) is 3.30. The number of hydrogen-bond donors (Lipinski definition) is 0. The molecule has 0 unspecified atom stereocenters. The second-order valence-corrected chi connectivity index (χ2v) is 15.7. The average molecular weight is 578 g/mol. The van der Waals surface area contributed by atoms with Gasteiger partial charge in [0.2, 0.25) is 0 Å². The summed E-state index contributed by atoms with van der Waals surface area (Å²) in [6.45, 7) is 23.2. The quantitative estimate of drug-likeness (QED) is 0.197. The summed E-state index contributed by atoms with van der Waals surface area (Å²) in [6.07, 6.45) is 0. The van der Waals surface area contributed by atoms with Gasteiger partial charge >= 0.3 is 0 Å². The molecule has 1 aromatic heterocycles. The molecule has 0 spiro atoms. The van der Waals surface area contributed by atoms with Crippen LogP contribution in [0.5, 0.6) is 0 Å². The zero-order chi connectivity index (χ0) is 31.6. The van der Waals surface area contributed by atoms with Crippen molar-refractivity contribution in [1.29, 1.82) is 0 Å². The van der Waals surface area contributed by atoms with Crippen LogP contribution in [-0.2, 0) is 16.2 Å². The summed E-state index contributed by atoms with van der Waals surface area (Å²) >= 11 is 0. The van der Waals surface area contributed by atoms with E-state index >= 15 is 0 Å². The van der Waals surface area contributed by atoms with Gasteiger partial charge in [0.1, 0.15) is 0 Å². The van der Waals surface area contributed by atoms with Crippen LogP contribution >= 0.6 is 0 Å². The van der Waals surface area contributed by atoms with Crippen molar-refractivity contribution in [2.24, 2.45) is 0 Å². The minimum atomic E-state index is -0.0899. The highest BCUT2D eigenvalue weighted by molar-refractivity contribution is 6.18. The van der Waals surface area contributed by atoms with Crippen molar-refractivity contribution < 1.29 is 0 Å². The highest BCUT2D eigenvalue weighted by Gasteiger charge is 2.28. The lowest BCUT2D eigenvalue weighted by Gasteiger charge is -2.27. The van der Waals surface area contributed by atoms with Crippen molar-refractivity contribution in [2.75, 3.05) is 0 Å². The molecule has 0 aliphatic carbocycles. The molecule has 1 nitrogen and oxygen atoms in total. The maximum absolute atomic E-state index is 2.54. The van der Waals surface area contributed by atoms with E-state index in [4.69, 9.17) is 0 Å². The van der Waals surface area contributed by atoms with E-state index in [1.165, 1.54) is 72.0 Å². The molecule has 44 heavy (non-hydrogen) atoms. The predicted molar refractivity (Wildman–Crippen MR) is 192 cm³/mol. The van der Waals surface area contributed by atoms with E-state index in [0.717, 1.165) is 0 Å². The highest BCUT2D eigenvalue weighted by atomic mass is 15.0. The Morgan fingerprint density at radius 1 is 0.455 bits per heavy atom. The fourth-order valence-electron chi connectivity index (χ4n) is 6.72. The molecule has 0 saturated carbocycles. The van der Waals surface area contributed by atoms with Gasteiger partial charge in [0.25, 0.3) is 0 Å². The van der Waals surface area contributed by atoms with E-state index in [-0.39, 0.29) is 16.2 Å². The molecule has 0 N–H and O–H groups in total. The van der Waals surface area contributed by atoms with Crippen LogP contribution in [0.25, 0.3) is 49.7 Å². The molecule has 0 bridgehead atoms. The summed E-state index contributed by atoms with van der Waals surface area (Å²) < 4.78 is 2.54. The second kappa shape index (κ2) is 10.5. The van der Waals surface area contributed by atoms with E-state index in [1.807, 2.05) is 0 Å². The molecule has 0 amide bonds. The predicted octanol–water partition coefficient (Wildman–Crippen LogP) is 12.3. The number of fused-ring (bicyclic) bond motifs is 3. The number of nitrogens with zero attached hydrogens (tertiary/aromatic N) is 1. The molecule has 5 aromatic carbocycles. The van der Waals surface area contributed by atoms with Crippen LogP contribution in [0.3, 0.4) is 0 Å². The fraction of sp³-hybridized carbons (Fsp3) is 0.302. The van der Waals surface area contributed by atoms with Gasteiger partial charge in [0.05, 0.1) is 11.0 Å². The smallest absolute Gasteiger partial charge is 0.0547 e. The third-order valence-corrected chi connectivity index (χ3v) is 9.03. The minimum absolute atomic E-state index is 0.0263. The zero-order valence-electron chi connectivity index (χ0n) is 28.3. The lowest BCUT2D eigenvalue weighted by Crippen LogP contribution is -2.17. The van der Waals surface area contributed by atoms with Gasteiger partial charge in [0.15, 0.2) is 0 Å². The van der Waals surface area contributed by atoms with Crippen LogP contribution in [0.4, 0.5) is 0 Å². The topological polar surface area (TPSA) is 4.93 Å². The Kier molecular flexibility index (Phi) is 7.16. The van der Waals surface area contributed by atoms with E-state index in [2.05, 4.69) is 177 Å². The second-order valence-electron chi connectivity index (χ2n) is 15.7. The Balaban J connectivity index is 1.85. The summed E-state index contributed by atoms with van der Waals surface area (Å²) in [4.78, 5) is 0. The SMILES string of the molecule is Cc1cccc(-c2cccc3c2c2c(C(C)(C)C)c(-c4ccccc4)ccc2n3-c2cc(C(C)(C)C)cc(C(C)(C)C)c2)c1.